The number of nitrogens with two attached hydrogens (primary N) is 1. The largest absolute Gasteiger partial charge is 0.323 e. The van der Waals surface area contributed by atoms with Gasteiger partial charge < -0.3 is 5.84 Å². The van der Waals surface area contributed by atoms with E-state index in [1.807, 2.05) is 36.4 Å². The van der Waals surface area contributed by atoms with Gasteiger partial charge in [-0.15, -0.1) is 0 Å². The Labute approximate surface area is 87.2 Å². The molecule has 2 aromatic rings. The number of ketones is 1. The third kappa shape index (κ3) is 1.72. The Balaban J connectivity index is 2.65. The third-order valence-corrected chi connectivity index (χ3v) is 2.25. The zero-order valence-corrected chi connectivity index (χ0v) is 8.05. The number of carbonyl (C=O) groups is 1. The topological polar surface area (TPSA) is 55.4 Å². The van der Waals surface area contributed by atoms with Crippen LogP contribution in [0.2, 0.25) is 0 Å². The number of carbonyl (C=O) groups excluding carboxylic acids is 1. The number of hydrogen-bond acceptors (Lipinski definition) is 3. The van der Waals surface area contributed by atoms with Crippen LogP contribution in [0.25, 0.3) is 10.8 Å². The highest BCUT2D eigenvalue weighted by Crippen LogP contribution is 2.18. The number of Topliss-reactive ketones (excluding diaryl/α,β-unsaturated/α-hetero) is 1. The highest BCUT2D eigenvalue weighted by Gasteiger charge is 2.06. The van der Waals surface area contributed by atoms with Gasteiger partial charge in [-0.3, -0.25) is 4.79 Å². The van der Waals surface area contributed by atoms with Crippen LogP contribution in [-0.4, -0.2) is 12.0 Å². The number of hydrazone groups is 1. The average Bonchev–Trinajstić information content (AvgIpc) is 2.28. The maximum absolute atomic E-state index is 11.6. The molecule has 0 aliphatic rings. The van der Waals surface area contributed by atoms with Crippen LogP contribution in [0.15, 0.2) is 47.6 Å². The monoisotopic (exact) mass is 198 g/mol. The summed E-state index contributed by atoms with van der Waals surface area (Å²) < 4.78 is 0. The van der Waals surface area contributed by atoms with E-state index in [0.717, 1.165) is 17.0 Å². The Morgan fingerprint density at radius 2 is 1.87 bits per heavy atom. The molecule has 2 rings (SSSR count). The third-order valence-electron chi connectivity index (χ3n) is 2.25. The molecular formula is C12H10N2O. The lowest BCUT2D eigenvalue weighted by Crippen LogP contribution is -2.02. The maximum atomic E-state index is 11.6. The van der Waals surface area contributed by atoms with Crippen molar-refractivity contribution >= 4 is 22.8 Å². The molecular weight excluding hydrogens is 188 g/mol. The van der Waals surface area contributed by atoms with Crippen LogP contribution in [0, 0.1) is 0 Å². The molecule has 0 fully saturated rings. The summed E-state index contributed by atoms with van der Waals surface area (Å²) in [5, 5.41) is 5.20. The first-order valence-corrected chi connectivity index (χ1v) is 4.58. The van der Waals surface area contributed by atoms with E-state index >= 15 is 0 Å². The van der Waals surface area contributed by atoms with Crippen LogP contribution >= 0.6 is 0 Å². The molecule has 0 radical (unpaired) electrons. The molecule has 0 saturated heterocycles. The van der Waals surface area contributed by atoms with E-state index in [-0.39, 0.29) is 5.78 Å². The van der Waals surface area contributed by atoms with Gasteiger partial charge in [0, 0.05) is 5.56 Å². The summed E-state index contributed by atoms with van der Waals surface area (Å²) >= 11 is 0. The van der Waals surface area contributed by atoms with Gasteiger partial charge in [0.25, 0.3) is 0 Å². The van der Waals surface area contributed by atoms with Gasteiger partial charge >= 0.3 is 0 Å². The molecule has 0 aliphatic carbocycles. The van der Waals surface area contributed by atoms with E-state index in [0.29, 0.717) is 5.56 Å². The van der Waals surface area contributed by atoms with Crippen molar-refractivity contribution in [2.75, 3.05) is 0 Å². The van der Waals surface area contributed by atoms with Crippen LogP contribution in [-0.2, 0) is 0 Å². The first-order chi connectivity index (χ1) is 7.33. The van der Waals surface area contributed by atoms with Gasteiger partial charge in [0.1, 0.15) is 0 Å². The van der Waals surface area contributed by atoms with Crippen LogP contribution in [0.3, 0.4) is 0 Å². The highest BCUT2D eigenvalue weighted by molar-refractivity contribution is 6.38. The van der Waals surface area contributed by atoms with Gasteiger partial charge in [0.2, 0.25) is 5.78 Å². The van der Waals surface area contributed by atoms with E-state index in [2.05, 4.69) is 5.10 Å². The van der Waals surface area contributed by atoms with E-state index < -0.39 is 0 Å². The number of fused-ring (bicyclic) bond motifs is 1. The predicted molar refractivity (Wildman–Crippen MR) is 61.0 cm³/mol. The smallest absolute Gasteiger partial charge is 0.206 e. The Kier molecular flexibility index (Phi) is 2.46. The fourth-order valence-corrected chi connectivity index (χ4v) is 1.58. The second-order valence-corrected chi connectivity index (χ2v) is 3.17. The Morgan fingerprint density at radius 3 is 2.67 bits per heavy atom. The Bertz CT molecular complexity index is 527. The number of hydrogen-bond donors (Lipinski definition) is 1. The van der Waals surface area contributed by atoms with Crippen LogP contribution in [0.4, 0.5) is 0 Å². The van der Waals surface area contributed by atoms with E-state index in [4.69, 9.17) is 5.84 Å². The molecule has 0 saturated carbocycles. The first-order valence-electron chi connectivity index (χ1n) is 4.58. The quantitative estimate of drug-likeness (QED) is 0.347. The molecule has 0 aliphatic heterocycles. The van der Waals surface area contributed by atoms with Crippen molar-refractivity contribution in [2.45, 2.75) is 0 Å². The van der Waals surface area contributed by atoms with Crippen LogP contribution in [0.5, 0.6) is 0 Å². The predicted octanol–water partition coefficient (Wildman–Crippen LogP) is 1.97. The minimum Gasteiger partial charge on any atom is -0.323 e. The van der Waals surface area contributed by atoms with Crippen molar-refractivity contribution in [2.24, 2.45) is 10.9 Å². The molecule has 0 spiro atoms. The van der Waals surface area contributed by atoms with E-state index in [1.165, 1.54) is 0 Å². The number of benzene rings is 2. The minimum atomic E-state index is -0.172. The molecule has 0 bridgehead atoms. The first kappa shape index (κ1) is 9.40. The molecule has 2 N–H and O–H groups in total. The van der Waals surface area contributed by atoms with Gasteiger partial charge in [-0.1, -0.05) is 42.5 Å². The van der Waals surface area contributed by atoms with Crippen molar-refractivity contribution < 1.29 is 4.79 Å². The van der Waals surface area contributed by atoms with Crippen molar-refractivity contribution in [3.8, 4) is 0 Å². The summed E-state index contributed by atoms with van der Waals surface area (Å²) in [6.45, 7) is 0. The van der Waals surface area contributed by atoms with Crippen molar-refractivity contribution in [1.82, 2.24) is 0 Å². The fourth-order valence-electron chi connectivity index (χ4n) is 1.58. The summed E-state index contributed by atoms with van der Waals surface area (Å²) in [5.74, 6) is 4.79. The fraction of sp³-hybridized carbons (Fsp3) is 0. The normalized spacial score (nSPS) is 10.9. The summed E-state index contributed by atoms with van der Waals surface area (Å²) in [6.07, 6.45) is 1.13. The Morgan fingerprint density at radius 1 is 1.13 bits per heavy atom. The summed E-state index contributed by atoms with van der Waals surface area (Å²) in [5.41, 5.74) is 0.627. The van der Waals surface area contributed by atoms with Crippen molar-refractivity contribution in [3.63, 3.8) is 0 Å². The van der Waals surface area contributed by atoms with E-state index in [1.54, 1.807) is 6.07 Å². The SMILES string of the molecule is N/N=C/C(=O)c1cccc2ccccc12. The lowest BCUT2D eigenvalue weighted by Gasteiger charge is -2.01. The van der Waals surface area contributed by atoms with Gasteiger partial charge in [0.15, 0.2) is 0 Å². The molecule has 74 valence electrons. The maximum Gasteiger partial charge on any atom is 0.206 e. The van der Waals surface area contributed by atoms with E-state index in [9.17, 15) is 4.79 Å². The average molecular weight is 198 g/mol. The van der Waals surface area contributed by atoms with Crippen molar-refractivity contribution in [1.29, 1.82) is 0 Å². The summed E-state index contributed by atoms with van der Waals surface area (Å²) in [7, 11) is 0. The second-order valence-electron chi connectivity index (χ2n) is 3.17. The van der Waals surface area contributed by atoms with Crippen LogP contribution in [0.1, 0.15) is 10.4 Å². The van der Waals surface area contributed by atoms with Gasteiger partial charge in [-0.05, 0) is 10.8 Å². The summed E-state index contributed by atoms with van der Waals surface area (Å²) in [6, 6.07) is 13.3. The second kappa shape index (κ2) is 3.92. The summed E-state index contributed by atoms with van der Waals surface area (Å²) in [4.78, 5) is 11.6. The number of nitrogens with zero attached hydrogens (tertiary/aromatic N) is 1. The van der Waals surface area contributed by atoms with Crippen LogP contribution < -0.4 is 5.84 Å². The molecule has 3 nitrogen and oxygen atoms in total. The molecule has 0 amide bonds. The van der Waals surface area contributed by atoms with Crippen molar-refractivity contribution in [3.05, 3.63) is 48.0 Å². The molecule has 3 heteroatoms. The standard InChI is InChI=1S/C12H10N2O/c13-14-8-12(15)11-7-3-5-9-4-1-2-6-10(9)11/h1-8H,13H2/b14-8+. The molecule has 15 heavy (non-hydrogen) atoms. The Hall–Kier alpha value is -2.16. The van der Waals surface area contributed by atoms with Gasteiger partial charge in [-0.2, -0.15) is 5.10 Å². The molecule has 2 aromatic carbocycles. The lowest BCUT2D eigenvalue weighted by atomic mass is 10.0. The minimum absolute atomic E-state index is 0.172. The zero-order chi connectivity index (χ0) is 10.7. The molecule has 0 heterocycles. The van der Waals surface area contributed by atoms with Gasteiger partial charge in [-0.25, -0.2) is 0 Å². The zero-order valence-electron chi connectivity index (χ0n) is 8.05. The van der Waals surface area contributed by atoms with Gasteiger partial charge in [0.05, 0.1) is 6.21 Å². The highest BCUT2D eigenvalue weighted by atomic mass is 16.1. The molecule has 0 aromatic heterocycles. The molecule has 0 unspecified atom stereocenters. The molecule has 0 atom stereocenters. The number of rotatable bonds is 2. The lowest BCUT2D eigenvalue weighted by molar-refractivity contribution is 0.107.